The second-order valence-electron chi connectivity index (χ2n) is 5.92. The molecule has 1 saturated heterocycles. The molecule has 0 bridgehead atoms. The van der Waals surface area contributed by atoms with Crippen molar-refractivity contribution in [3.05, 3.63) is 48.0 Å². The van der Waals surface area contributed by atoms with E-state index in [0.29, 0.717) is 12.3 Å². The minimum atomic E-state index is 0.0398. The summed E-state index contributed by atoms with van der Waals surface area (Å²) in [6, 6.07) is 14.6. The van der Waals surface area contributed by atoms with Gasteiger partial charge in [-0.1, -0.05) is 42.5 Å². The lowest BCUT2D eigenvalue weighted by Gasteiger charge is -2.18. The smallest absolute Gasteiger partial charge is 0.220 e. The van der Waals surface area contributed by atoms with Gasteiger partial charge in [-0.25, -0.2) is 0 Å². The van der Waals surface area contributed by atoms with Crippen LogP contribution in [0.3, 0.4) is 0 Å². The number of hydrogen-bond donors (Lipinski definition) is 2. The summed E-state index contributed by atoms with van der Waals surface area (Å²) in [6.45, 7) is 4.07. The number of rotatable bonds is 4. The summed E-state index contributed by atoms with van der Waals surface area (Å²) >= 11 is 0. The predicted molar refractivity (Wildman–Crippen MR) is 86.1 cm³/mol. The van der Waals surface area contributed by atoms with E-state index in [-0.39, 0.29) is 11.9 Å². The largest absolute Gasteiger partial charge is 0.350 e. The quantitative estimate of drug-likeness (QED) is 0.905. The van der Waals surface area contributed by atoms with Crippen molar-refractivity contribution in [2.45, 2.75) is 25.8 Å². The summed E-state index contributed by atoms with van der Waals surface area (Å²) in [5, 5.41) is 8.89. The summed E-state index contributed by atoms with van der Waals surface area (Å²) in [6.07, 6.45) is 1.73. The van der Waals surface area contributed by atoms with Gasteiger partial charge in [-0.05, 0) is 48.7 Å². The van der Waals surface area contributed by atoms with Gasteiger partial charge in [0.15, 0.2) is 0 Å². The molecule has 2 unspecified atom stereocenters. The molecule has 1 aliphatic heterocycles. The molecule has 2 atom stereocenters. The molecule has 2 aromatic carbocycles. The number of carbonyl (C=O) groups is 1. The molecule has 0 radical (unpaired) electrons. The highest BCUT2D eigenvalue weighted by Gasteiger charge is 2.19. The summed E-state index contributed by atoms with van der Waals surface area (Å²) in [5.74, 6) is 0.647. The molecule has 0 spiro atoms. The second-order valence-corrected chi connectivity index (χ2v) is 5.92. The number of amides is 1. The van der Waals surface area contributed by atoms with Gasteiger partial charge in [-0.3, -0.25) is 4.79 Å². The Kier molecular flexibility index (Phi) is 4.20. The first-order valence-electron chi connectivity index (χ1n) is 7.72. The minimum absolute atomic E-state index is 0.0398. The van der Waals surface area contributed by atoms with E-state index in [1.807, 2.05) is 12.1 Å². The topological polar surface area (TPSA) is 41.1 Å². The van der Waals surface area contributed by atoms with Crippen LogP contribution in [0.25, 0.3) is 10.8 Å². The maximum absolute atomic E-state index is 12.2. The lowest BCUT2D eigenvalue weighted by Crippen LogP contribution is -2.29. The first-order valence-corrected chi connectivity index (χ1v) is 7.72. The Labute approximate surface area is 125 Å². The maximum atomic E-state index is 12.2. The molecular formula is C18H22N2O. The Morgan fingerprint density at radius 2 is 2.10 bits per heavy atom. The van der Waals surface area contributed by atoms with E-state index in [0.717, 1.165) is 19.5 Å². The van der Waals surface area contributed by atoms with Crippen molar-refractivity contribution >= 4 is 16.7 Å². The standard InChI is InChI=1S/C18H22N2O/c1-13(20-18(21)11-14-9-10-19-12-14)16-8-4-6-15-5-2-3-7-17(15)16/h2-8,13-14,19H,9-12H2,1H3,(H,20,21). The van der Waals surface area contributed by atoms with E-state index < -0.39 is 0 Å². The number of carbonyl (C=O) groups excluding carboxylic acids is 1. The van der Waals surface area contributed by atoms with Crippen molar-refractivity contribution in [2.24, 2.45) is 5.92 Å². The van der Waals surface area contributed by atoms with Gasteiger partial charge in [0.2, 0.25) is 5.91 Å². The Hall–Kier alpha value is -1.87. The third-order valence-corrected chi connectivity index (χ3v) is 4.30. The van der Waals surface area contributed by atoms with Gasteiger partial charge in [0.25, 0.3) is 0 Å². The van der Waals surface area contributed by atoms with Gasteiger partial charge in [-0.2, -0.15) is 0 Å². The van der Waals surface area contributed by atoms with Crippen molar-refractivity contribution in [2.75, 3.05) is 13.1 Å². The highest BCUT2D eigenvalue weighted by Crippen LogP contribution is 2.24. The average Bonchev–Trinajstić information content (AvgIpc) is 2.99. The lowest BCUT2D eigenvalue weighted by molar-refractivity contribution is -0.122. The minimum Gasteiger partial charge on any atom is -0.350 e. The first-order chi connectivity index (χ1) is 10.2. The molecule has 1 aliphatic rings. The molecule has 1 heterocycles. The zero-order chi connectivity index (χ0) is 14.7. The molecular weight excluding hydrogens is 260 g/mol. The van der Waals surface area contributed by atoms with Gasteiger partial charge >= 0.3 is 0 Å². The molecule has 0 aromatic heterocycles. The molecule has 0 saturated carbocycles. The monoisotopic (exact) mass is 282 g/mol. The first kappa shape index (κ1) is 14.1. The van der Waals surface area contributed by atoms with Crippen LogP contribution in [0.2, 0.25) is 0 Å². The highest BCUT2D eigenvalue weighted by atomic mass is 16.1. The van der Waals surface area contributed by atoms with Gasteiger partial charge < -0.3 is 10.6 Å². The Morgan fingerprint density at radius 1 is 1.29 bits per heavy atom. The van der Waals surface area contributed by atoms with Crippen LogP contribution in [0, 0.1) is 5.92 Å². The van der Waals surface area contributed by atoms with Crippen molar-refractivity contribution in [3.63, 3.8) is 0 Å². The fourth-order valence-corrected chi connectivity index (χ4v) is 3.16. The van der Waals surface area contributed by atoms with E-state index >= 15 is 0 Å². The van der Waals surface area contributed by atoms with Crippen molar-refractivity contribution in [3.8, 4) is 0 Å². The molecule has 1 fully saturated rings. The highest BCUT2D eigenvalue weighted by molar-refractivity contribution is 5.86. The Balaban J connectivity index is 1.71. The van der Waals surface area contributed by atoms with Crippen LogP contribution in [-0.2, 0) is 4.79 Å². The van der Waals surface area contributed by atoms with Crippen molar-refractivity contribution in [1.29, 1.82) is 0 Å². The Bertz CT molecular complexity index is 627. The second kappa shape index (κ2) is 6.27. The predicted octanol–water partition coefficient (Wildman–Crippen LogP) is 3.02. The zero-order valence-corrected chi connectivity index (χ0v) is 12.4. The van der Waals surface area contributed by atoms with Crippen LogP contribution in [0.15, 0.2) is 42.5 Å². The molecule has 2 aromatic rings. The van der Waals surface area contributed by atoms with E-state index in [4.69, 9.17) is 0 Å². The van der Waals surface area contributed by atoms with Crippen LogP contribution in [0.1, 0.15) is 31.4 Å². The third-order valence-electron chi connectivity index (χ3n) is 4.30. The summed E-state index contributed by atoms with van der Waals surface area (Å²) < 4.78 is 0. The molecule has 3 heteroatoms. The molecule has 3 nitrogen and oxygen atoms in total. The van der Waals surface area contributed by atoms with Gasteiger partial charge in [0.1, 0.15) is 0 Å². The number of nitrogens with one attached hydrogen (secondary N) is 2. The lowest BCUT2D eigenvalue weighted by atomic mass is 9.99. The Morgan fingerprint density at radius 3 is 2.90 bits per heavy atom. The van der Waals surface area contributed by atoms with Crippen LogP contribution in [0.4, 0.5) is 0 Å². The van der Waals surface area contributed by atoms with Gasteiger partial charge in [0, 0.05) is 6.42 Å². The molecule has 110 valence electrons. The molecule has 0 aliphatic carbocycles. The summed E-state index contributed by atoms with van der Waals surface area (Å²) in [4.78, 5) is 12.2. The average molecular weight is 282 g/mol. The summed E-state index contributed by atoms with van der Waals surface area (Å²) in [7, 11) is 0. The number of hydrogen-bond acceptors (Lipinski definition) is 2. The number of benzene rings is 2. The van der Waals surface area contributed by atoms with Crippen LogP contribution < -0.4 is 10.6 Å². The summed E-state index contributed by atoms with van der Waals surface area (Å²) in [5.41, 5.74) is 1.19. The fourth-order valence-electron chi connectivity index (χ4n) is 3.16. The van der Waals surface area contributed by atoms with Crippen LogP contribution in [-0.4, -0.2) is 19.0 Å². The van der Waals surface area contributed by atoms with Crippen molar-refractivity contribution < 1.29 is 4.79 Å². The number of fused-ring (bicyclic) bond motifs is 1. The van der Waals surface area contributed by atoms with E-state index in [2.05, 4.69) is 47.9 Å². The molecule has 1 amide bonds. The van der Waals surface area contributed by atoms with E-state index in [1.54, 1.807) is 0 Å². The van der Waals surface area contributed by atoms with Crippen LogP contribution >= 0.6 is 0 Å². The fraction of sp³-hybridized carbons (Fsp3) is 0.389. The SMILES string of the molecule is CC(NC(=O)CC1CCNC1)c1cccc2ccccc12. The van der Waals surface area contributed by atoms with E-state index in [9.17, 15) is 4.79 Å². The maximum Gasteiger partial charge on any atom is 0.220 e. The third kappa shape index (κ3) is 3.24. The van der Waals surface area contributed by atoms with Gasteiger partial charge in [-0.15, -0.1) is 0 Å². The normalized spacial score (nSPS) is 19.6. The molecule has 2 N–H and O–H groups in total. The van der Waals surface area contributed by atoms with Gasteiger partial charge in [0.05, 0.1) is 6.04 Å². The van der Waals surface area contributed by atoms with Crippen LogP contribution in [0.5, 0.6) is 0 Å². The van der Waals surface area contributed by atoms with Crippen molar-refractivity contribution in [1.82, 2.24) is 10.6 Å². The molecule has 3 rings (SSSR count). The molecule has 21 heavy (non-hydrogen) atoms. The zero-order valence-electron chi connectivity index (χ0n) is 12.4. The van der Waals surface area contributed by atoms with E-state index in [1.165, 1.54) is 16.3 Å².